The highest BCUT2D eigenvalue weighted by molar-refractivity contribution is 5.78. The van der Waals surface area contributed by atoms with Crippen molar-refractivity contribution < 1.29 is 9.21 Å². The molecule has 2 rings (SSSR count). The Morgan fingerprint density at radius 1 is 1.32 bits per heavy atom. The molecule has 2 aromatic rings. The molecule has 2 atom stereocenters. The Hall–Kier alpha value is -2.14. The van der Waals surface area contributed by atoms with Crippen LogP contribution in [0.3, 0.4) is 0 Å². The third-order valence-electron chi connectivity index (χ3n) is 3.73. The summed E-state index contributed by atoms with van der Waals surface area (Å²) in [4.78, 5) is 16.2. The molecule has 0 aliphatic heterocycles. The first kappa shape index (κ1) is 16.2. The number of nitrogens with zero attached hydrogens (tertiary/aromatic N) is 1. The van der Waals surface area contributed by atoms with Crippen molar-refractivity contribution in [1.29, 1.82) is 0 Å². The van der Waals surface area contributed by atoms with Gasteiger partial charge in [-0.15, -0.1) is 0 Å². The normalized spacial score (nSPS) is 13.6. The van der Waals surface area contributed by atoms with Crippen LogP contribution in [0.1, 0.15) is 25.1 Å². The van der Waals surface area contributed by atoms with Crippen molar-refractivity contribution in [2.75, 3.05) is 6.54 Å². The van der Waals surface area contributed by atoms with Crippen LogP contribution < -0.4 is 11.1 Å². The van der Waals surface area contributed by atoms with Gasteiger partial charge in [-0.05, 0) is 26.0 Å². The van der Waals surface area contributed by atoms with Crippen LogP contribution in [0.25, 0.3) is 11.5 Å². The van der Waals surface area contributed by atoms with E-state index in [-0.39, 0.29) is 17.9 Å². The molecule has 0 aliphatic carbocycles. The Bertz CT molecular complexity index is 617. The van der Waals surface area contributed by atoms with Crippen molar-refractivity contribution in [2.24, 2.45) is 11.7 Å². The number of aromatic nitrogens is 1. The van der Waals surface area contributed by atoms with Gasteiger partial charge in [0.2, 0.25) is 11.8 Å². The van der Waals surface area contributed by atoms with Gasteiger partial charge in [-0.25, -0.2) is 4.98 Å². The average molecular weight is 301 g/mol. The van der Waals surface area contributed by atoms with E-state index >= 15 is 0 Å². The highest BCUT2D eigenvalue weighted by atomic mass is 16.3. The molecule has 0 saturated heterocycles. The van der Waals surface area contributed by atoms with Gasteiger partial charge in [-0.1, -0.05) is 24.6 Å². The van der Waals surface area contributed by atoms with Crippen LogP contribution in [0.2, 0.25) is 0 Å². The van der Waals surface area contributed by atoms with Gasteiger partial charge in [-0.2, -0.15) is 0 Å². The van der Waals surface area contributed by atoms with Crippen LogP contribution in [0.4, 0.5) is 0 Å². The van der Waals surface area contributed by atoms with Gasteiger partial charge in [0, 0.05) is 30.5 Å². The molecule has 0 spiro atoms. The smallest absolute Gasteiger partial charge is 0.226 e. The molecule has 2 unspecified atom stereocenters. The quantitative estimate of drug-likeness (QED) is 0.857. The number of rotatable bonds is 6. The van der Waals surface area contributed by atoms with Crippen LogP contribution in [0.15, 0.2) is 34.9 Å². The summed E-state index contributed by atoms with van der Waals surface area (Å²) in [6.07, 6.45) is 2.27. The maximum absolute atomic E-state index is 11.8. The molecular formula is C17H23N3O2. The maximum Gasteiger partial charge on any atom is 0.226 e. The number of nitrogens with two attached hydrogens (primary N) is 1. The van der Waals surface area contributed by atoms with Gasteiger partial charge in [0.05, 0.1) is 5.69 Å². The van der Waals surface area contributed by atoms with Crippen LogP contribution in [0, 0.1) is 12.8 Å². The van der Waals surface area contributed by atoms with E-state index in [1.165, 1.54) is 5.56 Å². The first-order valence-electron chi connectivity index (χ1n) is 7.52. The largest absolute Gasteiger partial charge is 0.444 e. The van der Waals surface area contributed by atoms with Crippen molar-refractivity contribution >= 4 is 5.91 Å². The summed E-state index contributed by atoms with van der Waals surface area (Å²) in [6, 6.07) is 7.86. The molecule has 1 heterocycles. The van der Waals surface area contributed by atoms with Crippen LogP contribution >= 0.6 is 0 Å². The van der Waals surface area contributed by atoms with E-state index in [2.05, 4.69) is 10.3 Å². The third-order valence-corrected chi connectivity index (χ3v) is 3.73. The Morgan fingerprint density at radius 2 is 2.00 bits per heavy atom. The maximum atomic E-state index is 11.8. The minimum Gasteiger partial charge on any atom is -0.444 e. The van der Waals surface area contributed by atoms with E-state index in [1.807, 2.05) is 45.0 Å². The second kappa shape index (κ2) is 7.22. The van der Waals surface area contributed by atoms with Crippen molar-refractivity contribution in [3.05, 3.63) is 41.8 Å². The third kappa shape index (κ3) is 4.18. The molecule has 118 valence electrons. The fourth-order valence-corrected chi connectivity index (χ4v) is 1.96. The molecule has 0 bridgehead atoms. The fourth-order valence-electron chi connectivity index (χ4n) is 1.96. The van der Waals surface area contributed by atoms with Crippen LogP contribution in [-0.4, -0.2) is 23.5 Å². The van der Waals surface area contributed by atoms with E-state index in [9.17, 15) is 4.79 Å². The summed E-state index contributed by atoms with van der Waals surface area (Å²) >= 11 is 0. The number of nitrogens with one attached hydrogen (secondary N) is 1. The predicted octanol–water partition coefficient (Wildman–Crippen LogP) is 2.29. The van der Waals surface area contributed by atoms with E-state index < -0.39 is 0 Å². The van der Waals surface area contributed by atoms with Crippen molar-refractivity contribution in [3.63, 3.8) is 0 Å². The highest BCUT2D eigenvalue weighted by Crippen LogP contribution is 2.19. The lowest BCUT2D eigenvalue weighted by atomic mass is 10.0. The van der Waals surface area contributed by atoms with Crippen molar-refractivity contribution in [2.45, 2.75) is 33.2 Å². The highest BCUT2D eigenvalue weighted by Gasteiger charge is 2.16. The molecule has 3 N–H and O–H groups in total. The molecule has 22 heavy (non-hydrogen) atoms. The van der Waals surface area contributed by atoms with E-state index in [4.69, 9.17) is 10.2 Å². The van der Waals surface area contributed by atoms with E-state index in [0.717, 1.165) is 11.3 Å². The number of hydrogen-bond acceptors (Lipinski definition) is 4. The molecule has 0 aliphatic rings. The molecule has 0 radical (unpaired) electrons. The number of amides is 1. The van der Waals surface area contributed by atoms with Gasteiger partial charge in [0.1, 0.15) is 6.26 Å². The Kier molecular flexibility index (Phi) is 5.33. The van der Waals surface area contributed by atoms with Crippen molar-refractivity contribution in [3.8, 4) is 11.5 Å². The minimum absolute atomic E-state index is 0.0303. The summed E-state index contributed by atoms with van der Waals surface area (Å²) in [6.45, 7) is 6.22. The molecule has 5 heteroatoms. The molecular weight excluding hydrogens is 278 g/mol. The molecule has 1 amide bonds. The fraction of sp³-hybridized carbons (Fsp3) is 0.412. The SMILES string of the molecule is Cc1ccc(-c2nc(CCNC(=O)C(C)C(C)N)co2)cc1. The first-order chi connectivity index (χ1) is 10.5. The minimum atomic E-state index is -0.194. The second-order valence-corrected chi connectivity index (χ2v) is 5.70. The van der Waals surface area contributed by atoms with Gasteiger partial charge >= 0.3 is 0 Å². The molecule has 1 aromatic carbocycles. The van der Waals surface area contributed by atoms with Gasteiger partial charge in [0.25, 0.3) is 0 Å². The summed E-state index contributed by atoms with van der Waals surface area (Å²) in [5.74, 6) is 0.378. The zero-order chi connectivity index (χ0) is 16.1. The number of aryl methyl sites for hydroxylation is 1. The molecule has 1 aromatic heterocycles. The average Bonchev–Trinajstić information content (AvgIpc) is 2.95. The van der Waals surface area contributed by atoms with Crippen molar-refractivity contribution in [1.82, 2.24) is 10.3 Å². The number of benzene rings is 1. The summed E-state index contributed by atoms with van der Waals surface area (Å²) in [5.41, 5.74) is 8.68. The van der Waals surface area contributed by atoms with Gasteiger partial charge in [-0.3, -0.25) is 4.79 Å². The summed E-state index contributed by atoms with van der Waals surface area (Å²) < 4.78 is 5.49. The number of hydrogen-bond donors (Lipinski definition) is 2. The molecule has 0 saturated carbocycles. The first-order valence-corrected chi connectivity index (χ1v) is 7.52. The van der Waals surface area contributed by atoms with E-state index in [1.54, 1.807) is 6.26 Å². The molecule has 0 fully saturated rings. The number of carbonyl (C=O) groups is 1. The van der Waals surface area contributed by atoms with Crippen LogP contribution in [-0.2, 0) is 11.2 Å². The number of carbonyl (C=O) groups excluding carboxylic acids is 1. The summed E-state index contributed by atoms with van der Waals surface area (Å²) in [7, 11) is 0. The van der Waals surface area contributed by atoms with Crippen LogP contribution in [0.5, 0.6) is 0 Å². The standard InChI is InChI=1S/C17H23N3O2/c1-11-4-6-14(7-5-11)17-20-15(10-22-17)8-9-19-16(21)12(2)13(3)18/h4-7,10,12-13H,8-9,18H2,1-3H3,(H,19,21). The second-order valence-electron chi connectivity index (χ2n) is 5.70. The monoisotopic (exact) mass is 301 g/mol. The number of oxazole rings is 1. The van der Waals surface area contributed by atoms with E-state index in [0.29, 0.717) is 18.9 Å². The van der Waals surface area contributed by atoms with Gasteiger partial charge < -0.3 is 15.5 Å². The summed E-state index contributed by atoms with van der Waals surface area (Å²) in [5, 5.41) is 2.87. The Balaban J connectivity index is 1.87. The zero-order valence-electron chi connectivity index (χ0n) is 13.3. The Labute approximate surface area is 130 Å². The molecule has 5 nitrogen and oxygen atoms in total. The lowest BCUT2D eigenvalue weighted by Crippen LogP contribution is -2.39. The van der Waals surface area contributed by atoms with Gasteiger partial charge in [0.15, 0.2) is 0 Å². The lowest BCUT2D eigenvalue weighted by molar-refractivity contribution is -0.124. The predicted molar refractivity (Wildman–Crippen MR) is 86.2 cm³/mol. The topological polar surface area (TPSA) is 81.2 Å². The Morgan fingerprint density at radius 3 is 2.64 bits per heavy atom. The lowest BCUT2D eigenvalue weighted by Gasteiger charge is -2.14. The zero-order valence-corrected chi connectivity index (χ0v) is 13.3.